The third kappa shape index (κ3) is 5.73. The Morgan fingerprint density at radius 3 is 2.43 bits per heavy atom. The number of aromatic carboxylic acids is 1. The number of nitrogens with one attached hydrogen (secondary N) is 1. The number of halogens is 2. The molecule has 0 bridgehead atoms. The molecule has 0 aliphatic carbocycles. The van der Waals surface area contributed by atoms with E-state index in [1.807, 2.05) is 0 Å². The minimum absolute atomic E-state index is 0.0789. The summed E-state index contributed by atoms with van der Waals surface area (Å²) >= 11 is 6.73. The van der Waals surface area contributed by atoms with Crippen LogP contribution in [0.2, 0.25) is 0 Å². The van der Waals surface area contributed by atoms with Crippen LogP contribution in [-0.4, -0.2) is 36.0 Å². The molecule has 9 nitrogen and oxygen atoms in total. The molecule has 1 aliphatic rings. The standard InChI is InChI=1S/C26H18Br2N2O7/c1-36-21-11-16(20(28)12-22(21)37-13-14-3-2-4-15(9-14)25(33)34)10-19-23(31)29-26(35)30(24(19)32)18-7-5-17(27)6-8-18/h2-12H,13H2,1H3,(H,33,34)(H,29,31,35)/b19-10+. The summed E-state index contributed by atoms with van der Waals surface area (Å²) in [5.74, 6) is -1.98. The molecule has 0 atom stereocenters. The maximum absolute atomic E-state index is 13.2. The van der Waals surface area contributed by atoms with E-state index in [1.165, 1.54) is 25.3 Å². The fourth-order valence-corrected chi connectivity index (χ4v) is 4.23. The summed E-state index contributed by atoms with van der Waals surface area (Å²) in [6.07, 6.45) is 1.35. The molecule has 0 aromatic heterocycles. The monoisotopic (exact) mass is 628 g/mol. The Morgan fingerprint density at radius 1 is 1.03 bits per heavy atom. The van der Waals surface area contributed by atoms with Gasteiger partial charge in [-0.05, 0) is 65.7 Å². The molecule has 1 saturated heterocycles. The van der Waals surface area contributed by atoms with E-state index in [2.05, 4.69) is 37.2 Å². The minimum atomic E-state index is -1.04. The maximum Gasteiger partial charge on any atom is 0.335 e. The van der Waals surface area contributed by atoms with Gasteiger partial charge in [0.25, 0.3) is 11.8 Å². The smallest absolute Gasteiger partial charge is 0.335 e. The predicted octanol–water partition coefficient (Wildman–Crippen LogP) is 5.16. The zero-order valence-electron chi connectivity index (χ0n) is 19.2. The molecule has 4 rings (SSSR count). The second-order valence-electron chi connectivity index (χ2n) is 7.75. The van der Waals surface area contributed by atoms with Crippen LogP contribution in [0.3, 0.4) is 0 Å². The normalized spacial score (nSPS) is 14.5. The summed E-state index contributed by atoms with van der Waals surface area (Å²) in [6, 6.07) is 15.2. The number of anilines is 1. The SMILES string of the molecule is COc1cc(/C=C2\C(=O)NC(=O)N(c3ccc(Br)cc3)C2=O)c(Br)cc1OCc1cccc(C(=O)O)c1. The van der Waals surface area contributed by atoms with Crippen LogP contribution in [0.5, 0.6) is 11.5 Å². The van der Waals surface area contributed by atoms with Crippen LogP contribution in [0.15, 0.2) is 75.2 Å². The summed E-state index contributed by atoms with van der Waals surface area (Å²) in [5.41, 5.74) is 1.27. The van der Waals surface area contributed by atoms with Crippen molar-refractivity contribution in [2.45, 2.75) is 6.61 Å². The van der Waals surface area contributed by atoms with Gasteiger partial charge in [0.1, 0.15) is 12.2 Å². The molecule has 0 spiro atoms. The predicted molar refractivity (Wildman–Crippen MR) is 142 cm³/mol. The first-order chi connectivity index (χ1) is 17.7. The van der Waals surface area contributed by atoms with Gasteiger partial charge in [-0.1, -0.05) is 44.0 Å². The van der Waals surface area contributed by atoms with E-state index in [4.69, 9.17) is 9.47 Å². The number of methoxy groups -OCH3 is 1. The summed E-state index contributed by atoms with van der Waals surface area (Å²) in [6.45, 7) is 0.0789. The largest absolute Gasteiger partial charge is 0.493 e. The first-order valence-electron chi connectivity index (χ1n) is 10.7. The Balaban J connectivity index is 1.62. The van der Waals surface area contributed by atoms with Gasteiger partial charge in [0.15, 0.2) is 11.5 Å². The lowest BCUT2D eigenvalue weighted by Gasteiger charge is -2.26. The van der Waals surface area contributed by atoms with Crippen molar-refractivity contribution >= 4 is 67.4 Å². The zero-order chi connectivity index (χ0) is 26.7. The average molecular weight is 630 g/mol. The first-order valence-corrected chi connectivity index (χ1v) is 12.3. The Labute approximate surface area is 227 Å². The number of imide groups is 2. The number of hydrogen-bond donors (Lipinski definition) is 2. The van der Waals surface area contributed by atoms with Gasteiger partial charge in [0.05, 0.1) is 18.4 Å². The van der Waals surface area contributed by atoms with E-state index in [0.29, 0.717) is 32.8 Å². The average Bonchev–Trinajstić information content (AvgIpc) is 2.87. The van der Waals surface area contributed by atoms with Crippen molar-refractivity contribution in [2.75, 3.05) is 12.0 Å². The van der Waals surface area contributed by atoms with Crippen molar-refractivity contribution in [1.82, 2.24) is 5.32 Å². The van der Waals surface area contributed by atoms with Gasteiger partial charge in [-0.15, -0.1) is 0 Å². The number of carboxylic acids is 1. The summed E-state index contributed by atoms with van der Waals surface area (Å²) in [5, 5.41) is 11.4. The molecule has 188 valence electrons. The number of carbonyl (C=O) groups excluding carboxylic acids is 3. The molecule has 4 amide bonds. The number of barbiturate groups is 1. The van der Waals surface area contributed by atoms with Crippen molar-refractivity contribution < 1.29 is 33.8 Å². The fourth-order valence-electron chi connectivity index (χ4n) is 3.53. The molecule has 1 fully saturated rings. The van der Waals surface area contributed by atoms with Gasteiger partial charge < -0.3 is 14.6 Å². The van der Waals surface area contributed by atoms with Gasteiger partial charge in [0, 0.05) is 8.95 Å². The molecule has 0 saturated carbocycles. The zero-order valence-corrected chi connectivity index (χ0v) is 22.3. The first kappa shape index (κ1) is 26.1. The molecule has 3 aromatic carbocycles. The highest BCUT2D eigenvalue weighted by Crippen LogP contribution is 2.36. The quantitative estimate of drug-likeness (QED) is 0.273. The molecular weight excluding hydrogens is 612 g/mol. The Bertz CT molecular complexity index is 1450. The third-order valence-corrected chi connectivity index (χ3v) is 6.55. The second kappa shape index (κ2) is 11.0. The van der Waals surface area contributed by atoms with Crippen molar-refractivity contribution in [3.8, 4) is 11.5 Å². The number of urea groups is 1. The molecule has 11 heteroatoms. The Morgan fingerprint density at radius 2 is 1.76 bits per heavy atom. The van der Waals surface area contributed by atoms with Crippen LogP contribution in [0, 0.1) is 0 Å². The van der Waals surface area contributed by atoms with Crippen LogP contribution >= 0.6 is 31.9 Å². The topological polar surface area (TPSA) is 122 Å². The highest BCUT2D eigenvalue weighted by Gasteiger charge is 2.37. The number of nitrogens with zero attached hydrogens (tertiary/aromatic N) is 1. The highest BCUT2D eigenvalue weighted by molar-refractivity contribution is 9.10. The number of carbonyl (C=O) groups is 4. The molecular formula is C26H18Br2N2O7. The number of benzene rings is 3. The van der Waals surface area contributed by atoms with E-state index in [1.54, 1.807) is 48.5 Å². The lowest BCUT2D eigenvalue weighted by atomic mass is 10.1. The van der Waals surface area contributed by atoms with Gasteiger partial charge in [0.2, 0.25) is 0 Å². The summed E-state index contributed by atoms with van der Waals surface area (Å²) in [7, 11) is 1.43. The summed E-state index contributed by atoms with van der Waals surface area (Å²) < 4.78 is 12.5. The summed E-state index contributed by atoms with van der Waals surface area (Å²) in [4.78, 5) is 50.2. The van der Waals surface area contributed by atoms with E-state index in [-0.39, 0.29) is 17.7 Å². The molecule has 3 aromatic rings. The second-order valence-corrected chi connectivity index (χ2v) is 9.52. The van der Waals surface area contributed by atoms with Crippen LogP contribution in [-0.2, 0) is 16.2 Å². The van der Waals surface area contributed by atoms with Crippen molar-refractivity contribution in [3.05, 3.63) is 91.9 Å². The van der Waals surface area contributed by atoms with Crippen molar-refractivity contribution in [1.29, 1.82) is 0 Å². The number of carboxylic acid groups (broad SMARTS) is 1. The van der Waals surface area contributed by atoms with Crippen LogP contribution in [0.25, 0.3) is 6.08 Å². The van der Waals surface area contributed by atoms with E-state index in [9.17, 15) is 24.3 Å². The van der Waals surface area contributed by atoms with Crippen LogP contribution in [0.4, 0.5) is 10.5 Å². The van der Waals surface area contributed by atoms with Gasteiger partial charge in [-0.25, -0.2) is 14.5 Å². The number of amides is 4. The van der Waals surface area contributed by atoms with Gasteiger partial charge >= 0.3 is 12.0 Å². The lowest BCUT2D eigenvalue weighted by molar-refractivity contribution is -0.122. The maximum atomic E-state index is 13.2. The number of rotatable bonds is 7. The number of hydrogen-bond acceptors (Lipinski definition) is 6. The molecule has 37 heavy (non-hydrogen) atoms. The van der Waals surface area contributed by atoms with Gasteiger partial charge in [-0.3, -0.25) is 14.9 Å². The lowest BCUT2D eigenvalue weighted by Crippen LogP contribution is -2.54. The molecule has 1 heterocycles. The van der Waals surface area contributed by atoms with Crippen LogP contribution < -0.4 is 19.7 Å². The van der Waals surface area contributed by atoms with E-state index in [0.717, 1.165) is 9.37 Å². The van der Waals surface area contributed by atoms with Crippen molar-refractivity contribution in [2.24, 2.45) is 0 Å². The van der Waals surface area contributed by atoms with E-state index < -0.39 is 23.8 Å². The third-order valence-electron chi connectivity index (χ3n) is 5.34. The molecule has 0 unspecified atom stereocenters. The van der Waals surface area contributed by atoms with Crippen molar-refractivity contribution in [3.63, 3.8) is 0 Å². The Hall–Kier alpha value is -3.96. The Kier molecular flexibility index (Phi) is 7.74. The molecule has 0 radical (unpaired) electrons. The fraction of sp³-hybridized carbons (Fsp3) is 0.0769. The minimum Gasteiger partial charge on any atom is -0.493 e. The van der Waals surface area contributed by atoms with E-state index >= 15 is 0 Å². The molecule has 1 aliphatic heterocycles. The highest BCUT2D eigenvalue weighted by atomic mass is 79.9. The van der Waals surface area contributed by atoms with Crippen LogP contribution in [0.1, 0.15) is 21.5 Å². The molecule has 2 N–H and O–H groups in total. The number of ether oxygens (including phenoxy) is 2. The van der Waals surface area contributed by atoms with Gasteiger partial charge in [-0.2, -0.15) is 0 Å².